The van der Waals surface area contributed by atoms with Crippen LogP contribution in [0.3, 0.4) is 0 Å². The highest BCUT2D eigenvalue weighted by atomic mass is 15.2. The van der Waals surface area contributed by atoms with Crippen molar-refractivity contribution in [1.82, 2.24) is 4.57 Å². The summed E-state index contributed by atoms with van der Waals surface area (Å²) in [5.41, 5.74) is 11.1. The van der Waals surface area contributed by atoms with Crippen LogP contribution in [0.2, 0.25) is 0 Å². The molecule has 3 aromatic carbocycles. The third-order valence-corrected chi connectivity index (χ3v) is 7.08. The molecule has 0 bridgehead atoms. The zero-order valence-electron chi connectivity index (χ0n) is 17.4. The maximum Gasteiger partial charge on any atom is 0.291 e. The van der Waals surface area contributed by atoms with Crippen LogP contribution in [0.25, 0.3) is 33.2 Å². The molecule has 0 unspecified atom stereocenters. The van der Waals surface area contributed by atoms with E-state index in [0.717, 1.165) is 0 Å². The van der Waals surface area contributed by atoms with Gasteiger partial charge in [0.15, 0.2) is 11.0 Å². The molecular weight excluding hydrogens is 340 g/mol. The summed E-state index contributed by atoms with van der Waals surface area (Å²) >= 11 is 0. The van der Waals surface area contributed by atoms with Gasteiger partial charge in [-0.3, -0.25) is 0 Å². The van der Waals surface area contributed by atoms with Crippen molar-refractivity contribution in [3.63, 3.8) is 0 Å². The lowest BCUT2D eigenvalue weighted by Gasteiger charge is -2.20. The van der Waals surface area contributed by atoms with E-state index in [9.17, 15) is 0 Å². The quantitative estimate of drug-likeness (QED) is 0.323. The van der Waals surface area contributed by atoms with E-state index in [4.69, 9.17) is 0 Å². The lowest BCUT2D eigenvalue weighted by atomic mass is 9.89. The molecule has 0 fully saturated rings. The first-order valence-corrected chi connectivity index (χ1v) is 9.80. The van der Waals surface area contributed by atoms with Gasteiger partial charge in [0.2, 0.25) is 0 Å². The van der Waals surface area contributed by atoms with Gasteiger partial charge in [-0.15, -0.1) is 0 Å². The van der Waals surface area contributed by atoms with E-state index in [-0.39, 0.29) is 13.0 Å². The Kier molecular flexibility index (Phi) is 3.81. The monoisotopic (exact) mass is 371 g/mol. The lowest BCUT2D eigenvalue weighted by molar-refractivity contribution is -0.634. The van der Waals surface area contributed by atoms with Crippen molar-refractivity contribution < 1.29 is 4.57 Å². The van der Waals surface area contributed by atoms with Crippen molar-refractivity contribution in [2.75, 3.05) is 0 Å². The van der Waals surface area contributed by atoms with Gasteiger partial charge in [-0.1, -0.05) is 43.8 Å². The largest absolute Gasteiger partial charge is 0.291 e. The molecule has 2 heterocycles. The molecule has 0 saturated heterocycles. The molecule has 1 aliphatic heterocycles. The fraction of sp³-hybridized carbons (Fsp3) is 0.346. The van der Waals surface area contributed by atoms with Gasteiger partial charge < -0.3 is 0 Å². The maximum absolute atomic E-state index is 2.59. The van der Waals surface area contributed by atoms with E-state index in [1.54, 1.807) is 0 Å². The molecule has 0 spiro atoms. The second kappa shape index (κ2) is 5.70. The standard InChI is InChI=1S/C25H27N2.CH4/c1-14-15(2)17(4)23-22(16(14)3)26(7)24-21-19-11-9-8-10-18(19)12-13-20(21)25(5,6)27(23)24;/h8-13H,1-7H3;1H4/q+1;. The zero-order chi connectivity index (χ0) is 19.2. The van der Waals surface area contributed by atoms with Crippen LogP contribution in [0.4, 0.5) is 0 Å². The van der Waals surface area contributed by atoms with Crippen molar-refractivity contribution >= 4 is 21.8 Å². The number of aromatic nitrogens is 2. The van der Waals surface area contributed by atoms with E-state index < -0.39 is 0 Å². The molecule has 0 N–H and O–H groups in total. The molecule has 2 nitrogen and oxygen atoms in total. The van der Waals surface area contributed by atoms with Gasteiger partial charge in [-0.25, -0.2) is 9.13 Å². The van der Waals surface area contributed by atoms with Crippen LogP contribution >= 0.6 is 0 Å². The van der Waals surface area contributed by atoms with Crippen LogP contribution in [0.15, 0.2) is 36.4 Å². The Hall–Kier alpha value is -2.61. The summed E-state index contributed by atoms with van der Waals surface area (Å²) in [5.74, 6) is 1.33. The van der Waals surface area contributed by atoms with Crippen LogP contribution in [-0.4, -0.2) is 4.57 Å². The Morgan fingerprint density at radius 2 is 1.46 bits per heavy atom. The minimum absolute atomic E-state index is 0. The number of fused-ring (bicyclic) bond motifs is 7. The molecular formula is C26H31N2+. The van der Waals surface area contributed by atoms with Crippen molar-refractivity contribution in [2.45, 2.75) is 54.5 Å². The van der Waals surface area contributed by atoms with Crippen molar-refractivity contribution in [3.05, 3.63) is 64.2 Å². The second-order valence-electron chi connectivity index (χ2n) is 8.68. The Balaban J connectivity index is 0.00000192. The average molecular weight is 372 g/mol. The third-order valence-electron chi connectivity index (χ3n) is 7.08. The van der Waals surface area contributed by atoms with E-state index >= 15 is 0 Å². The van der Waals surface area contributed by atoms with Crippen LogP contribution < -0.4 is 4.57 Å². The van der Waals surface area contributed by atoms with Gasteiger partial charge >= 0.3 is 0 Å². The van der Waals surface area contributed by atoms with Gasteiger partial charge in [0.1, 0.15) is 5.54 Å². The molecule has 0 radical (unpaired) electrons. The van der Waals surface area contributed by atoms with Crippen molar-refractivity contribution in [2.24, 2.45) is 7.05 Å². The first-order chi connectivity index (χ1) is 12.8. The fourth-order valence-electron chi connectivity index (χ4n) is 5.29. The minimum atomic E-state index is -0.0763. The Morgan fingerprint density at radius 3 is 2.18 bits per heavy atom. The number of nitrogens with zero attached hydrogens (tertiary/aromatic N) is 2. The van der Waals surface area contributed by atoms with Gasteiger partial charge in [-0.05, 0) is 63.4 Å². The van der Waals surface area contributed by atoms with Gasteiger partial charge in [0.25, 0.3) is 5.82 Å². The molecule has 1 aliphatic rings. The molecule has 1 aromatic heterocycles. The van der Waals surface area contributed by atoms with E-state index in [2.05, 4.69) is 94.1 Å². The molecule has 2 heteroatoms. The highest BCUT2D eigenvalue weighted by molar-refractivity contribution is 6.00. The normalized spacial score (nSPS) is 14.2. The number of imidazole rings is 1. The minimum Gasteiger partial charge on any atom is -0.225 e. The third kappa shape index (κ3) is 1.96. The number of aryl methyl sites for hydroxylation is 3. The lowest BCUT2D eigenvalue weighted by Crippen LogP contribution is -2.30. The van der Waals surface area contributed by atoms with Crippen molar-refractivity contribution in [3.8, 4) is 11.4 Å². The molecule has 4 aromatic rings. The van der Waals surface area contributed by atoms with E-state index in [1.807, 2.05) is 0 Å². The Labute approximate surface area is 168 Å². The highest BCUT2D eigenvalue weighted by Crippen LogP contribution is 2.48. The molecule has 5 rings (SSSR count). The summed E-state index contributed by atoms with van der Waals surface area (Å²) < 4.78 is 5.03. The molecule has 144 valence electrons. The van der Waals surface area contributed by atoms with Crippen LogP contribution in [0.1, 0.15) is 49.1 Å². The fourth-order valence-corrected chi connectivity index (χ4v) is 5.29. The molecule has 0 atom stereocenters. The summed E-state index contributed by atoms with van der Waals surface area (Å²) in [7, 11) is 2.24. The predicted octanol–water partition coefficient (Wildman–Crippen LogP) is 6.25. The molecule has 28 heavy (non-hydrogen) atoms. The first kappa shape index (κ1) is 18.7. The number of hydrogen-bond acceptors (Lipinski definition) is 0. The van der Waals surface area contributed by atoms with Gasteiger partial charge in [0.05, 0.1) is 12.6 Å². The van der Waals surface area contributed by atoms with Crippen molar-refractivity contribution in [1.29, 1.82) is 0 Å². The summed E-state index contributed by atoms with van der Waals surface area (Å²) in [4.78, 5) is 0. The molecule has 0 aliphatic carbocycles. The zero-order valence-corrected chi connectivity index (χ0v) is 17.4. The van der Waals surface area contributed by atoms with Gasteiger partial charge in [0, 0.05) is 16.7 Å². The summed E-state index contributed by atoms with van der Waals surface area (Å²) in [5, 5.41) is 2.66. The first-order valence-electron chi connectivity index (χ1n) is 9.80. The van der Waals surface area contributed by atoms with Gasteiger partial charge in [-0.2, -0.15) is 0 Å². The number of hydrogen-bond donors (Lipinski definition) is 0. The average Bonchev–Trinajstić information content (AvgIpc) is 3.09. The molecule has 0 saturated carbocycles. The number of benzene rings is 3. The Bertz CT molecular complexity index is 1290. The van der Waals surface area contributed by atoms with Crippen LogP contribution in [0, 0.1) is 27.7 Å². The van der Waals surface area contributed by atoms with Crippen LogP contribution in [-0.2, 0) is 12.6 Å². The molecule has 0 amide bonds. The smallest absolute Gasteiger partial charge is 0.225 e. The SMILES string of the molecule is C.Cc1c(C)c(C)c2c(c1C)n1c([n+]2C)-c2c(ccc3ccccc23)C1(C)C. The second-order valence-corrected chi connectivity index (χ2v) is 8.68. The highest BCUT2D eigenvalue weighted by Gasteiger charge is 2.47. The predicted molar refractivity (Wildman–Crippen MR) is 120 cm³/mol. The summed E-state index contributed by atoms with van der Waals surface area (Å²) in [6.45, 7) is 13.8. The van der Waals surface area contributed by atoms with E-state index in [1.165, 1.54) is 61.0 Å². The maximum atomic E-state index is 2.59. The number of rotatable bonds is 0. The summed E-state index contributed by atoms with van der Waals surface area (Å²) in [6, 6.07) is 13.4. The van der Waals surface area contributed by atoms with Crippen LogP contribution in [0.5, 0.6) is 0 Å². The summed E-state index contributed by atoms with van der Waals surface area (Å²) in [6.07, 6.45) is 0. The van der Waals surface area contributed by atoms with E-state index in [0.29, 0.717) is 0 Å². The topological polar surface area (TPSA) is 8.81 Å². The Morgan fingerprint density at radius 1 is 0.821 bits per heavy atom.